The van der Waals surface area contributed by atoms with Crippen LogP contribution in [-0.2, 0) is 18.0 Å². The van der Waals surface area contributed by atoms with Crippen molar-refractivity contribution in [2.24, 2.45) is 7.05 Å². The lowest BCUT2D eigenvalue weighted by Gasteiger charge is -2.01. The fraction of sp³-hybridized carbons (Fsp3) is 0.625. The van der Waals surface area contributed by atoms with Gasteiger partial charge in [0.1, 0.15) is 12.4 Å². The maximum atomic E-state index is 8.77. The summed E-state index contributed by atoms with van der Waals surface area (Å²) in [5.41, 5.74) is 0. The Kier molecular flexibility index (Phi) is 6.43. The summed E-state index contributed by atoms with van der Waals surface area (Å²) < 4.78 is 10.9. The Morgan fingerprint density at radius 2 is 2.13 bits per heavy atom. The average Bonchev–Trinajstić information content (AvgIpc) is 2.45. The van der Waals surface area contributed by atoms with Crippen molar-refractivity contribution in [3.63, 3.8) is 0 Å². The highest BCUT2D eigenvalue weighted by Crippen LogP contribution is 2.18. The topological polar surface area (TPSA) is 100 Å². The van der Waals surface area contributed by atoms with Crippen molar-refractivity contribution in [2.45, 2.75) is 26.2 Å². The Labute approximate surface area is 88.8 Å². The van der Waals surface area contributed by atoms with Crippen molar-refractivity contribution >= 4 is 7.82 Å². The minimum atomic E-state index is -4.89. The summed E-state index contributed by atoms with van der Waals surface area (Å²) in [4.78, 5) is 26.1. The predicted octanol–water partition coefficient (Wildman–Crippen LogP) is -0.379. The van der Waals surface area contributed by atoms with Crippen LogP contribution in [0.1, 0.15) is 25.6 Å². The monoisotopic (exact) mass is 236 g/mol. The standard InChI is InChI=1S/C8H14N2.H3O4P/c1-3-4-5-8-9-6-7-10(8)2;1-5(2,3)4/h6-7H,3-5H2,1-2H3;(H3,1,2,3,4). The van der Waals surface area contributed by atoms with E-state index in [0.29, 0.717) is 0 Å². The molecular weight excluding hydrogens is 219 g/mol. The number of H-pyrrole nitrogens is 1. The number of hydrogen-bond acceptors (Lipinski definition) is 2. The molecule has 0 aliphatic carbocycles. The molecule has 88 valence electrons. The molecule has 0 aromatic carbocycles. The van der Waals surface area contributed by atoms with Gasteiger partial charge >= 0.3 is 0 Å². The van der Waals surface area contributed by atoms with Gasteiger partial charge in [-0.05, 0) is 6.42 Å². The molecule has 0 unspecified atom stereocenters. The summed E-state index contributed by atoms with van der Waals surface area (Å²) in [5, 5.41) is 0. The maximum absolute atomic E-state index is 8.77. The van der Waals surface area contributed by atoms with Gasteiger partial charge in [-0.1, -0.05) is 13.3 Å². The molecule has 0 bridgehead atoms. The number of hydrogen-bond donors (Lipinski definition) is 3. The van der Waals surface area contributed by atoms with E-state index in [1.165, 1.54) is 25.1 Å². The molecule has 0 saturated heterocycles. The van der Waals surface area contributed by atoms with E-state index in [-0.39, 0.29) is 0 Å². The Bertz CT molecular complexity index is 312. The van der Waals surface area contributed by atoms with Gasteiger partial charge < -0.3 is 14.7 Å². The van der Waals surface area contributed by atoms with E-state index in [2.05, 4.69) is 23.5 Å². The molecule has 1 heterocycles. The van der Waals surface area contributed by atoms with Gasteiger partial charge in [-0.15, -0.1) is 0 Å². The first kappa shape index (κ1) is 14.3. The van der Waals surface area contributed by atoms with Crippen LogP contribution in [0.4, 0.5) is 0 Å². The van der Waals surface area contributed by atoms with Gasteiger partial charge in [0.15, 0.2) is 0 Å². The van der Waals surface area contributed by atoms with Crippen LogP contribution < -0.4 is 9.46 Å². The van der Waals surface area contributed by atoms with E-state index in [9.17, 15) is 0 Å². The number of imidazole rings is 1. The fourth-order valence-corrected chi connectivity index (χ4v) is 1.03. The summed E-state index contributed by atoms with van der Waals surface area (Å²) in [6.07, 6.45) is 7.73. The Morgan fingerprint density at radius 1 is 1.60 bits per heavy atom. The van der Waals surface area contributed by atoms with Gasteiger partial charge in [-0.3, -0.25) is 4.57 Å². The van der Waals surface area contributed by atoms with E-state index < -0.39 is 7.82 Å². The molecule has 0 saturated carbocycles. The van der Waals surface area contributed by atoms with Gasteiger partial charge in [0.05, 0.1) is 7.05 Å². The highest BCUT2D eigenvalue weighted by atomic mass is 31.2. The number of rotatable bonds is 3. The summed E-state index contributed by atoms with van der Waals surface area (Å²) in [7, 11) is -2.82. The SMILES string of the molecule is CCCCc1[nH]cc[n+]1C.O=P([O-])(O)O. The van der Waals surface area contributed by atoms with E-state index in [4.69, 9.17) is 19.2 Å². The molecule has 15 heavy (non-hydrogen) atoms. The lowest BCUT2D eigenvalue weighted by molar-refractivity contribution is -0.677. The van der Waals surface area contributed by atoms with Gasteiger partial charge in [0.25, 0.3) is 13.6 Å². The molecule has 6 nitrogen and oxygen atoms in total. The lowest BCUT2D eigenvalue weighted by Crippen LogP contribution is -2.30. The summed E-state index contributed by atoms with van der Waals surface area (Å²) in [6.45, 7) is 2.21. The largest absolute Gasteiger partial charge is 0.756 e. The third-order valence-electron chi connectivity index (χ3n) is 1.74. The van der Waals surface area contributed by atoms with Crippen molar-refractivity contribution < 1.29 is 23.8 Å². The molecule has 3 N–H and O–H groups in total. The average molecular weight is 236 g/mol. The normalized spacial score (nSPS) is 10.7. The maximum Gasteiger partial charge on any atom is 0.262 e. The van der Waals surface area contributed by atoms with Crippen LogP contribution in [0.25, 0.3) is 0 Å². The van der Waals surface area contributed by atoms with E-state index in [1.54, 1.807) is 0 Å². The van der Waals surface area contributed by atoms with Crippen LogP contribution in [0.5, 0.6) is 0 Å². The highest BCUT2D eigenvalue weighted by Gasteiger charge is 2.03. The molecule has 1 aromatic rings. The van der Waals surface area contributed by atoms with Gasteiger partial charge in [0.2, 0.25) is 0 Å². The number of phosphoric acid groups is 1. The third kappa shape index (κ3) is 9.62. The van der Waals surface area contributed by atoms with Crippen LogP contribution in [0.2, 0.25) is 0 Å². The van der Waals surface area contributed by atoms with Gasteiger partial charge in [0, 0.05) is 6.42 Å². The molecule has 0 amide bonds. The van der Waals surface area contributed by atoms with Crippen LogP contribution in [0.3, 0.4) is 0 Å². The minimum Gasteiger partial charge on any atom is -0.756 e. The second kappa shape index (κ2) is 6.74. The van der Waals surface area contributed by atoms with Crippen molar-refractivity contribution in [2.75, 3.05) is 0 Å². The van der Waals surface area contributed by atoms with Crippen molar-refractivity contribution in [3.8, 4) is 0 Å². The molecule has 0 spiro atoms. The first-order valence-electron chi connectivity index (χ1n) is 4.63. The van der Waals surface area contributed by atoms with Crippen molar-refractivity contribution in [1.82, 2.24) is 4.98 Å². The molecule has 0 aliphatic rings. The van der Waals surface area contributed by atoms with Gasteiger partial charge in [-0.2, -0.15) is 0 Å². The molecule has 0 aliphatic heterocycles. The van der Waals surface area contributed by atoms with E-state index >= 15 is 0 Å². The van der Waals surface area contributed by atoms with Crippen LogP contribution in [0.15, 0.2) is 12.4 Å². The number of nitrogens with one attached hydrogen (secondary N) is 1. The number of nitrogens with zero attached hydrogens (tertiary/aromatic N) is 1. The second-order valence-corrected chi connectivity index (χ2v) is 4.09. The Morgan fingerprint density at radius 3 is 2.47 bits per heavy atom. The number of aromatic amines is 1. The van der Waals surface area contributed by atoms with Gasteiger partial charge in [-0.25, -0.2) is 9.55 Å². The summed E-state index contributed by atoms with van der Waals surface area (Å²) in [5.74, 6) is 1.32. The van der Waals surface area contributed by atoms with Crippen LogP contribution in [-0.4, -0.2) is 14.8 Å². The zero-order valence-electron chi connectivity index (χ0n) is 8.88. The molecular formula is C8H17N2O4P. The molecule has 0 radical (unpaired) electrons. The first-order valence-corrected chi connectivity index (χ1v) is 6.16. The first-order chi connectivity index (χ1) is 6.84. The van der Waals surface area contributed by atoms with E-state index in [1.807, 2.05) is 12.4 Å². The third-order valence-corrected chi connectivity index (χ3v) is 1.74. The zero-order chi connectivity index (χ0) is 11.9. The second-order valence-electron chi connectivity index (χ2n) is 3.11. The molecule has 1 aromatic heterocycles. The van der Waals surface area contributed by atoms with Crippen molar-refractivity contribution in [1.29, 1.82) is 0 Å². The van der Waals surface area contributed by atoms with Crippen molar-refractivity contribution in [3.05, 3.63) is 18.2 Å². The summed E-state index contributed by atoms with van der Waals surface area (Å²) >= 11 is 0. The summed E-state index contributed by atoms with van der Waals surface area (Å²) in [6, 6.07) is 0. The smallest absolute Gasteiger partial charge is 0.262 e. The Balaban J connectivity index is 0.000000336. The Hall–Kier alpha value is -0.680. The minimum absolute atomic E-state index is 1.17. The zero-order valence-corrected chi connectivity index (χ0v) is 9.78. The fourth-order valence-electron chi connectivity index (χ4n) is 1.03. The molecule has 0 atom stereocenters. The number of unbranched alkanes of at least 4 members (excludes halogenated alkanes) is 1. The number of aryl methyl sites for hydroxylation is 2. The van der Waals surface area contributed by atoms with E-state index in [0.717, 1.165) is 0 Å². The predicted molar refractivity (Wildman–Crippen MR) is 52.6 cm³/mol. The molecule has 0 fully saturated rings. The number of aromatic nitrogens is 2. The quantitative estimate of drug-likeness (QED) is 0.492. The molecule has 1 rings (SSSR count). The molecule has 7 heteroatoms. The lowest BCUT2D eigenvalue weighted by atomic mass is 10.2. The van der Waals surface area contributed by atoms with Crippen LogP contribution >= 0.6 is 7.82 Å². The van der Waals surface area contributed by atoms with Crippen LogP contribution in [0, 0.1) is 0 Å². The highest BCUT2D eigenvalue weighted by molar-refractivity contribution is 7.43.